The Balaban J connectivity index is 1.77. The molecule has 1 unspecified atom stereocenters. The van der Waals surface area contributed by atoms with Gasteiger partial charge in [0.15, 0.2) is 0 Å². The van der Waals surface area contributed by atoms with Crippen LogP contribution in [-0.4, -0.2) is 48.9 Å². The van der Waals surface area contributed by atoms with E-state index in [0.29, 0.717) is 0 Å². The normalized spacial score (nSPS) is 18.4. The number of rotatable bonds is 7. The van der Waals surface area contributed by atoms with Crippen LogP contribution < -0.4 is 10.1 Å². The zero-order valence-corrected chi connectivity index (χ0v) is 13.3. The van der Waals surface area contributed by atoms with Gasteiger partial charge in [-0.05, 0) is 39.4 Å². The average molecular weight is 292 g/mol. The Morgan fingerprint density at radius 1 is 1.33 bits per heavy atom. The molecular formula is C17H28N2O2. The molecule has 0 radical (unpaired) electrons. The zero-order chi connectivity index (χ0) is 15.1. The van der Waals surface area contributed by atoms with E-state index >= 15 is 0 Å². The molecule has 0 saturated heterocycles. The van der Waals surface area contributed by atoms with Crippen molar-refractivity contribution in [3.63, 3.8) is 0 Å². The Hall–Kier alpha value is -1.10. The molecule has 0 fully saturated rings. The highest BCUT2D eigenvalue weighted by Crippen LogP contribution is 2.22. The van der Waals surface area contributed by atoms with Crippen molar-refractivity contribution in [1.29, 1.82) is 0 Å². The van der Waals surface area contributed by atoms with Crippen molar-refractivity contribution in [2.24, 2.45) is 0 Å². The van der Waals surface area contributed by atoms with Gasteiger partial charge in [0.1, 0.15) is 12.4 Å². The summed E-state index contributed by atoms with van der Waals surface area (Å²) in [7, 11) is 1.92. The number of benzene rings is 1. The number of aliphatic hydroxyl groups excluding tert-OH is 1. The predicted octanol–water partition coefficient (Wildman–Crippen LogP) is 2.02. The third-order valence-corrected chi connectivity index (χ3v) is 4.44. The molecular weight excluding hydrogens is 264 g/mol. The lowest BCUT2D eigenvalue weighted by molar-refractivity contribution is 0.167. The second kappa shape index (κ2) is 7.78. The van der Waals surface area contributed by atoms with E-state index in [1.807, 2.05) is 13.1 Å². The Bertz CT molecular complexity index is 433. The van der Waals surface area contributed by atoms with Crippen LogP contribution in [0.5, 0.6) is 5.75 Å². The summed E-state index contributed by atoms with van der Waals surface area (Å²) in [5.41, 5.74) is 1.14. The van der Waals surface area contributed by atoms with Gasteiger partial charge in [0.2, 0.25) is 0 Å². The van der Waals surface area contributed by atoms with Crippen molar-refractivity contribution in [2.75, 3.05) is 33.4 Å². The van der Waals surface area contributed by atoms with E-state index in [9.17, 15) is 5.11 Å². The van der Waals surface area contributed by atoms with Crippen LogP contribution in [0.3, 0.4) is 0 Å². The molecule has 118 valence electrons. The van der Waals surface area contributed by atoms with Crippen LogP contribution in [0.25, 0.3) is 0 Å². The summed E-state index contributed by atoms with van der Waals surface area (Å²) in [6.07, 6.45) is 3.28. The molecule has 0 bridgehead atoms. The first-order chi connectivity index (χ1) is 10.2. The largest absolute Gasteiger partial charge is 0.492 e. The Morgan fingerprint density at radius 2 is 2.14 bits per heavy atom. The average Bonchev–Trinajstić information content (AvgIpc) is 2.73. The summed E-state index contributed by atoms with van der Waals surface area (Å²) >= 11 is 0. The molecule has 1 aliphatic rings. The summed E-state index contributed by atoms with van der Waals surface area (Å²) in [6.45, 7) is 6.07. The van der Waals surface area contributed by atoms with E-state index in [2.05, 4.69) is 35.3 Å². The quantitative estimate of drug-likeness (QED) is 0.755. The molecule has 1 aromatic carbocycles. The number of hydrogen-bond donors (Lipinski definition) is 2. The van der Waals surface area contributed by atoms with Gasteiger partial charge in [0.25, 0.3) is 0 Å². The maximum atomic E-state index is 9.39. The highest BCUT2D eigenvalue weighted by molar-refractivity contribution is 5.33. The fourth-order valence-electron chi connectivity index (χ4n) is 2.70. The minimum atomic E-state index is -0.144. The predicted molar refractivity (Wildman–Crippen MR) is 85.6 cm³/mol. The van der Waals surface area contributed by atoms with Gasteiger partial charge in [0.05, 0.1) is 6.61 Å². The van der Waals surface area contributed by atoms with Gasteiger partial charge in [-0.3, -0.25) is 4.90 Å². The summed E-state index contributed by atoms with van der Waals surface area (Å²) in [5.74, 6) is 1.03. The van der Waals surface area contributed by atoms with Crippen molar-refractivity contribution in [2.45, 2.75) is 38.3 Å². The number of para-hydroxylation sites is 1. The molecule has 0 saturated carbocycles. The fourth-order valence-corrected chi connectivity index (χ4v) is 2.70. The molecule has 0 aliphatic carbocycles. The third kappa shape index (κ3) is 4.70. The highest BCUT2D eigenvalue weighted by Gasteiger charge is 2.20. The van der Waals surface area contributed by atoms with Gasteiger partial charge in [-0.2, -0.15) is 0 Å². The SMILES string of the molecule is CNC(C)(CO)CCCCN1CCOc2ccccc2C1. The lowest BCUT2D eigenvalue weighted by Crippen LogP contribution is -2.43. The molecule has 1 aliphatic heterocycles. The summed E-state index contributed by atoms with van der Waals surface area (Å²) in [5, 5.41) is 12.6. The topological polar surface area (TPSA) is 44.7 Å². The molecule has 21 heavy (non-hydrogen) atoms. The maximum absolute atomic E-state index is 9.39. The van der Waals surface area contributed by atoms with Crippen LogP contribution >= 0.6 is 0 Å². The molecule has 4 nitrogen and oxygen atoms in total. The van der Waals surface area contributed by atoms with Crippen molar-refractivity contribution < 1.29 is 9.84 Å². The second-order valence-corrected chi connectivity index (χ2v) is 6.16. The van der Waals surface area contributed by atoms with E-state index in [1.165, 1.54) is 5.56 Å². The Labute approximate surface area is 128 Å². The minimum absolute atomic E-state index is 0.144. The molecule has 1 heterocycles. The standard InChI is InChI=1S/C17H28N2O2/c1-17(14-20,18-2)9-5-6-10-19-11-12-21-16-8-4-3-7-15(16)13-19/h3-4,7-8,18,20H,5-6,9-14H2,1-2H3. The molecule has 0 amide bonds. The van der Waals surface area contributed by atoms with E-state index in [1.54, 1.807) is 0 Å². The lowest BCUT2D eigenvalue weighted by atomic mass is 9.96. The molecule has 0 spiro atoms. The molecule has 1 aromatic rings. The first-order valence-electron chi connectivity index (χ1n) is 7.90. The Morgan fingerprint density at radius 3 is 2.90 bits per heavy atom. The number of nitrogens with one attached hydrogen (secondary N) is 1. The summed E-state index contributed by atoms with van der Waals surface area (Å²) < 4.78 is 5.79. The molecule has 2 rings (SSSR count). The van der Waals surface area contributed by atoms with Gasteiger partial charge in [-0.1, -0.05) is 24.6 Å². The maximum Gasteiger partial charge on any atom is 0.123 e. The highest BCUT2D eigenvalue weighted by atomic mass is 16.5. The van der Waals surface area contributed by atoms with Crippen LogP contribution in [0, 0.1) is 0 Å². The zero-order valence-electron chi connectivity index (χ0n) is 13.3. The summed E-state index contributed by atoms with van der Waals surface area (Å²) in [6, 6.07) is 8.31. The molecule has 2 N–H and O–H groups in total. The van der Waals surface area contributed by atoms with Crippen LogP contribution in [0.1, 0.15) is 31.7 Å². The first kappa shape index (κ1) is 16.3. The van der Waals surface area contributed by atoms with Gasteiger partial charge in [0, 0.05) is 24.2 Å². The van der Waals surface area contributed by atoms with Gasteiger partial charge in [-0.25, -0.2) is 0 Å². The monoisotopic (exact) mass is 292 g/mol. The molecule has 0 aromatic heterocycles. The number of fused-ring (bicyclic) bond motifs is 1. The van der Waals surface area contributed by atoms with Gasteiger partial charge >= 0.3 is 0 Å². The van der Waals surface area contributed by atoms with Crippen LogP contribution in [0.4, 0.5) is 0 Å². The van der Waals surface area contributed by atoms with Crippen LogP contribution in [0.15, 0.2) is 24.3 Å². The van der Waals surface area contributed by atoms with Gasteiger partial charge in [-0.15, -0.1) is 0 Å². The lowest BCUT2D eigenvalue weighted by Gasteiger charge is -2.27. The van der Waals surface area contributed by atoms with E-state index in [0.717, 1.165) is 51.3 Å². The number of hydrogen-bond acceptors (Lipinski definition) is 4. The van der Waals surface area contributed by atoms with Gasteiger partial charge < -0.3 is 15.2 Å². The first-order valence-corrected chi connectivity index (χ1v) is 7.90. The second-order valence-electron chi connectivity index (χ2n) is 6.16. The summed E-state index contributed by atoms with van der Waals surface area (Å²) in [4.78, 5) is 2.46. The fraction of sp³-hybridized carbons (Fsp3) is 0.647. The number of unbranched alkanes of at least 4 members (excludes halogenated alkanes) is 1. The van der Waals surface area contributed by atoms with Crippen LogP contribution in [-0.2, 0) is 6.54 Å². The van der Waals surface area contributed by atoms with Crippen molar-refractivity contribution in [3.05, 3.63) is 29.8 Å². The van der Waals surface area contributed by atoms with Crippen molar-refractivity contribution in [3.8, 4) is 5.75 Å². The van der Waals surface area contributed by atoms with E-state index < -0.39 is 0 Å². The molecule has 1 atom stereocenters. The number of likely N-dealkylation sites (N-methyl/N-ethyl adjacent to an activating group) is 1. The van der Waals surface area contributed by atoms with Crippen molar-refractivity contribution in [1.82, 2.24) is 10.2 Å². The van der Waals surface area contributed by atoms with E-state index in [4.69, 9.17) is 4.74 Å². The number of nitrogens with zero attached hydrogens (tertiary/aromatic N) is 1. The van der Waals surface area contributed by atoms with Crippen LogP contribution in [0.2, 0.25) is 0 Å². The number of ether oxygens (including phenoxy) is 1. The minimum Gasteiger partial charge on any atom is -0.492 e. The third-order valence-electron chi connectivity index (χ3n) is 4.44. The van der Waals surface area contributed by atoms with E-state index in [-0.39, 0.29) is 12.1 Å². The van der Waals surface area contributed by atoms with Crippen molar-refractivity contribution >= 4 is 0 Å². The molecule has 4 heteroatoms. The smallest absolute Gasteiger partial charge is 0.123 e. The Kier molecular flexibility index (Phi) is 6.03. The number of aliphatic hydroxyl groups is 1.